The number of ether oxygens (including phenoxy) is 1. The minimum absolute atomic E-state index is 0. The fourth-order valence-electron chi connectivity index (χ4n) is 3.47. The lowest BCUT2D eigenvalue weighted by Crippen LogP contribution is -2.12. The van der Waals surface area contributed by atoms with Crippen LogP contribution in [0.25, 0.3) is 22.4 Å². The van der Waals surface area contributed by atoms with Crippen molar-refractivity contribution in [3.05, 3.63) is 71.7 Å². The smallest absolute Gasteiger partial charge is 0.376 e. The van der Waals surface area contributed by atoms with Gasteiger partial charge < -0.3 is 10.1 Å². The van der Waals surface area contributed by atoms with Gasteiger partial charge in [-0.2, -0.15) is 0 Å². The van der Waals surface area contributed by atoms with Crippen LogP contribution in [0.1, 0.15) is 49.4 Å². The van der Waals surface area contributed by atoms with E-state index in [0.29, 0.717) is 22.5 Å². The number of fused-ring (bicyclic) bond motifs is 1. The maximum Gasteiger partial charge on any atom is 0.376 e. The quantitative estimate of drug-likeness (QED) is 0.350. The lowest BCUT2D eigenvalue weighted by molar-refractivity contribution is 0.0512. The summed E-state index contributed by atoms with van der Waals surface area (Å²) in [7, 11) is 0. The molecule has 0 saturated heterocycles. The van der Waals surface area contributed by atoms with Crippen LogP contribution < -0.4 is 5.32 Å². The Morgan fingerprint density at radius 2 is 1.74 bits per heavy atom. The molecule has 0 saturated carbocycles. The van der Waals surface area contributed by atoms with E-state index in [1.165, 1.54) is 5.56 Å². The van der Waals surface area contributed by atoms with Crippen LogP contribution in [0.4, 0.5) is 11.5 Å². The summed E-state index contributed by atoms with van der Waals surface area (Å²) in [5, 5.41) is 4.01. The van der Waals surface area contributed by atoms with Crippen LogP contribution in [0, 0.1) is 6.92 Å². The molecule has 0 bridgehead atoms. The number of hydrogen-bond acceptors (Lipinski definition) is 7. The number of rotatable bonds is 5. The molecule has 0 atom stereocenters. The molecule has 176 valence electrons. The summed E-state index contributed by atoms with van der Waals surface area (Å²) in [6.07, 6.45) is 1.73. The monoisotopic (exact) mass is 477 g/mol. The third kappa shape index (κ3) is 5.31. The normalized spacial score (nSPS) is 11.1. The zero-order chi connectivity index (χ0) is 23.6. The van der Waals surface area contributed by atoms with Gasteiger partial charge in [0.15, 0.2) is 5.65 Å². The van der Waals surface area contributed by atoms with Crippen LogP contribution in [0.5, 0.6) is 0 Å². The van der Waals surface area contributed by atoms with Crippen LogP contribution in [0.15, 0.2) is 54.7 Å². The number of aryl methyl sites for hydroxylation is 1. The molecule has 0 aliphatic carbocycles. The number of pyridine rings is 2. The highest BCUT2D eigenvalue weighted by atomic mass is 35.5. The highest BCUT2D eigenvalue weighted by Crippen LogP contribution is 2.28. The molecule has 1 aromatic carbocycles. The van der Waals surface area contributed by atoms with Crippen molar-refractivity contribution in [2.75, 3.05) is 11.9 Å². The molecule has 0 aliphatic rings. The fourth-order valence-corrected chi connectivity index (χ4v) is 3.47. The second-order valence-corrected chi connectivity index (χ2v) is 8.81. The Morgan fingerprint density at radius 3 is 2.38 bits per heavy atom. The van der Waals surface area contributed by atoms with E-state index in [2.05, 4.69) is 53.2 Å². The molecule has 8 heteroatoms. The molecule has 0 spiro atoms. The number of aromatic nitrogens is 4. The first-order valence-electron chi connectivity index (χ1n) is 10.9. The highest BCUT2D eigenvalue weighted by molar-refractivity contribution is 5.94. The van der Waals surface area contributed by atoms with Gasteiger partial charge in [0.1, 0.15) is 5.82 Å². The number of anilines is 2. The number of halogens is 1. The van der Waals surface area contributed by atoms with Crippen molar-refractivity contribution < 1.29 is 9.53 Å². The molecule has 1 N–H and O–H groups in total. The van der Waals surface area contributed by atoms with Crippen LogP contribution >= 0.6 is 12.4 Å². The van der Waals surface area contributed by atoms with Crippen molar-refractivity contribution in [1.29, 1.82) is 0 Å². The summed E-state index contributed by atoms with van der Waals surface area (Å²) < 4.78 is 5.14. The Kier molecular flexibility index (Phi) is 7.47. The first kappa shape index (κ1) is 25.1. The number of hydrogen-bond donors (Lipinski definition) is 1. The largest absolute Gasteiger partial charge is 0.460 e. The van der Waals surface area contributed by atoms with Crippen molar-refractivity contribution in [2.24, 2.45) is 0 Å². The Bertz CT molecular complexity index is 1320. The van der Waals surface area contributed by atoms with Crippen LogP contribution in [0.3, 0.4) is 0 Å². The second-order valence-electron chi connectivity index (χ2n) is 8.81. The van der Waals surface area contributed by atoms with Crippen LogP contribution in [0.2, 0.25) is 0 Å². The fraction of sp³-hybridized carbons (Fsp3) is 0.269. The number of esters is 1. The highest BCUT2D eigenvalue weighted by Gasteiger charge is 2.18. The van der Waals surface area contributed by atoms with E-state index in [1.807, 2.05) is 43.3 Å². The van der Waals surface area contributed by atoms with E-state index in [9.17, 15) is 4.79 Å². The third-order valence-corrected chi connectivity index (χ3v) is 5.28. The van der Waals surface area contributed by atoms with Gasteiger partial charge in [0.05, 0.1) is 23.4 Å². The topological polar surface area (TPSA) is 89.9 Å². The van der Waals surface area contributed by atoms with Gasteiger partial charge in [0, 0.05) is 11.9 Å². The predicted molar refractivity (Wildman–Crippen MR) is 137 cm³/mol. The molecular weight excluding hydrogens is 450 g/mol. The summed E-state index contributed by atoms with van der Waals surface area (Å²) in [6, 6.07) is 15.8. The molecule has 0 radical (unpaired) electrons. The van der Waals surface area contributed by atoms with Crippen LogP contribution in [-0.4, -0.2) is 32.5 Å². The summed E-state index contributed by atoms with van der Waals surface area (Å²) in [6.45, 7) is 10.5. The minimum atomic E-state index is -0.591. The first-order valence-corrected chi connectivity index (χ1v) is 10.9. The lowest BCUT2D eigenvalue weighted by Gasteiger charge is -2.19. The Hall–Kier alpha value is -3.58. The molecular formula is C26H28ClN5O2. The number of carbonyl (C=O) groups is 1. The lowest BCUT2D eigenvalue weighted by atomic mass is 9.87. The van der Waals surface area contributed by atoms with Crippen LogP contribution in [-0.2, 0) is 10.2 Å². The zero-order valence-electron chi connectivity index (χ0n) is 19.9. The van der Waals surface area contributed by atoms with E-state index in [-0.39, 0.29) is 30.3 Å². The molecule has 3 heterocycles. The van der Waals surface area contributed by atoms with Crippen molar-refractivity contribution in [3.63, 3.8) is 0 Å². The third-order valence-electron chi connectivity index (χ3n) is 5.28. The average molecular weight is 478 g/mol. The number of carbonyl (C=O) groups excluding carboxylic acids is 1. The molecule has 0 amide bonds. The SMILES string of the molecule is CCOC(=O)c1nc(Nc2ccc(C(C)(C)C)cc2)c2ccc(-c3ncccc3C)nc2n1.Cl. The van der Waals surface area contributed by atoms with Gasteiger partial charge in [-0.05, 0) is 60.7 Å². The Morgan fingerprint density at radius 1 is 1.00 bits per heavy atom. The van der Waals surface area contributed by atoms with Gasteiger partial charge in [0.2, 0.25) is 5.82 Å². The molecule has 7 nitrogen and oxygen atoms in total. The second kappa shape index (κ2) is 10.1. The van der Waals surface area contributed by atoms with Gasteiger partial charge in [-0.25, -0.2) is 19.7 Å². The molecule has 0 unspecified atom stereocenters. The van der Waals surface area contributed by atoms with Crippen molar-refractivity contribution in [1.82, 2.24) is 19.9 Å². The molecule has 34 heavy (non-hydrogen) atoms. The summed E-state index contributed by atoms with van der Waals surface area (Å²) in [5.74, 6) is -0.143. The minimum Gasteiger partial charge on any atom is -0.460 e. The predicted octanol–water partition coefficient (Wildman–Crippen LogP) is 6.03. The van der Waals surface area contributed by atoms with Gasteiger partial charge in [-0.15, -0.1) is 12.4 Å². The van der Waals surface area contributed by atoms with E-state index in [0.717, 1.165) is 16.9 Å². The molecule has 0 fully saturated rings. The number of nitrogens with zero attached hydrogens (tertiary/aromatic N) is 4. The standard InChI is InChI=1S/C26H27N5O2.ClH/c1-6-33-25(32)24-30-22(28-18-11-9-17(10-12-18)26(3,4)5)19-13-14-20(29-23(19)31-24)21-16(2)8-7-15-27-21;/h7-15H,6H2,1-5H3,(H,28,29,30,31);1H. The maximum atomic E-state index is 12.4. The summed E-state index contributed by atoms with van der Waals surface area (Å²) in [5.41, 5.74) is 4.97. The molecule has 0 aliphatic heterocycles. The maximum absolute atomic E-state index is 12.4. The first-order chi connectivity index (χ1) is 15.8. The number of benzene rings is 1. The Labute approximate surface area is 205 Å². The molecule has 4 aromatic rings. The van der Waals surface area contributed by atoms with E-state index < -0.39 is 5.97 Å². The summed E-state index contributed by atoms with van der Waals surface area (Å²) >= 11 is 0. The van der Waals surface area contributed by atoms with E-state index in [1.54, 1.807) is 13.1 Å². The molecule has 3 aromatic heterocycles. The van der Waals surface area contributed by atoms with Crippen molar-refractivity contribution >= 4 is 40.9 Å². The Balaban J connectivity index is 0.00000324. The van der Waals surface area contributed by atoms with E-state index >= 15 is 0 Å². The van der Waals surface area contributed by atoms with Gasteiger partial charge in [-0.3, -0.25) is 4.98 Å². The molecule has 4 rings (SSSR count). The van der Waals surface area contributed by atoms with Gasteiger partial charge >= 0.3 is 5.97 Å². The summed E-state index contributed by atoms with van der Waals surface area (Å²) in [4.78, 5) is 30.4. The van der Waals surface area contributed by atoms with Gasteiger partial charge in [-0.1, -0.05) is 39.0 Å². The van der Waals surface area contributed by atoms with Crippen molar-refractivity contribution in [2.45, 2.75) is 40.0 Å². The van der Waals surface area contributed by atoms with E-state index in [4.69, 9.17) is 9.72 Å². The number of nitrogens with one attached hydrogen (secondary N) is 1. The zero-order valence-corrected chi connectivity index (χ0v) is 20.7. The van der Waals surface area contributed by atoms with Gasteiger partial charge in [0.25, 0.3) is 0 Å². The average Bonchev–Trinajstić information content (AvgIpc) is 2.79. The van der Waals surface area contributed by atoms with Crippen molar-refractivity contribution in [3.8, 4) is 11.4 Å².